The number of benzene rings is 1. The quantitative estimate of drug-likeness (QED) is 0.840. The molecule has 0 aliphatic carbocycles. The number of hydrogen-bond acceptors (Lipinski definition) is 4. The zero-order chi connectivity index (χ0) is 13.0. The van der Waals surface area contributed by atoms with Crippen molar-refractivity contribution in [3.8, 4) is 5.75 Å². The molecule has 0 bridgehead atoms. The average Bonchev–Trinajstić information content (AvgIpc) is 2.83. The van der Waals surface area contributed by atoms with Crippen molar-refractivity contribution in [1.82, 2.24) is 0 Å². The first-order valence-electron chi connectivity index (χ1n) is 5.80. The molecule has 0 aliphatic heterocycles. The third-order valence-corrected chi connectivity index (χ3v) is 3.93. The van der Waals surface area contributed by atoms with Gasteiger partial charge in [0.25, 0.3) is 0 Å². The second-order valence-electron chi connectivity index (χ2n) is 3.94. The van der Waals surface area contributed by atoms with Crippen LogP contribution in [0.25, 0.3) is 0 Å². The van der Waals surface area contributed by atoms with Crippen molar-refractivity contribution < 1.29 is 9.15 Å². The highest BCUT2D eigenvalue weighted by Gasteiger charge is 2.17. The SMILES string of the molecule is COc1ccccc1SC(CN)c1ccc(C)o1. The van der Waals surface area contributed by atoms with Crippen LogP contribution in [0.15, 0.2) is 45.7 Å². The summed E-state index contributed by atoms with van der Waals surface area (Å²) in [6.45, 7) is 2.46. The van der Waals surface area contributed by atoms with Crippen LogP contribution in [0.2, 0.25) is 0 Å². The molecule has 2 N–H and O–H groups in total. The van der Waals surface area contributed by atoms with Crippen LogP contribution in [0.5, 0.6) is 5.75 Å². The number of aryl methyl sites for hydroxylation is 1. The third kappa shape index (κ3) is 2.89. The molecular formula is C14H17NO2S. The third-order valence-electron chi connectivity index (χ3n) is 2.63. The van der Waals surface area contributed by atoms with Crippen LogP contribution >= 0.6 is 11.8 Å². The zero-order valence-electron chi connectivity index (χ0n) is 10.6. The van der Waals surface area contributed by atoms with E-state index >= 15 is 0 Å². The lowest BCUT2D eigenvalue weighted by molar-refractivity contribution is 0.404. The average molecular weight is 263 g/mol. The highest BCUT2D eigenvalue weighted by atomic mass is 32.2. The highest BCUT2D eigenvalue weighted by molar-refractivity contribution is 7.99. The van der Waals surface area contributed by atoms with Gasteiger partial charge in [0.15, 0.2) is 0 Å². The summed E-state index contributed by atoms with van der Waals surface area (Å²) >= 11 is 1.66. The van der Waals surface area contributed by atoms with Crippen LogP contribution in [0.3, 0.4) is 0 Å². The van der Waals surface area contributed by atoms with Gasteiger partial charge < -0.3 is 14.9 Å². The Morgan fingerprint density at radius 3 is 2.67 bits per heavy atom. The molecule has 0 fully saturated rings. The van der Waals surface area contributed by atoms with Crippen LogP contribution in [0, 0.1) is 6.92 Å². The van der Waals surface area contributed by atoms with E-state index in [2.05, 4.69) is 0 Å². The Hall–Kier alpha value is -1.39. The molecule has 1 heterocycles. The van der Waals surface area contributed by atoms with Crippen molar-refractivity contribution in [3.05, 3.63) is 47.9 Å². The van der Waals surface area contributed by atoms with Gasteiger partial charge in [-0.2, -0.15) is 0 Å². The summed E-state index contributed by atoms with van der Waals surface area (Å²) < 4.78 is 11.0. The van der Waals surface area contributed by atoms with Crippen molar-refractivity contribution in [2.24, 2.45) is 5.73 Å². The van der Waals surface area contributed by atoms with E-state index in [4.69, 9.17) is 14.9 Å². The zero-order valence-corrected chi connectivity index (χ0v) is 11.4. The van der Waals surface area contributed by atoms with E-state index in [1.165, 1.54) is 0 Å². The van der Waals surface area contributed by atoms with Crippen molar-refractivity contribution >= 4 is 11.8 Å². The fraction of sp³-hybridized carbons (Fsp3) is 0.286. The van der Waals surface area contributed by atoms with E-state index in [1.54, 1.807) is 18.9 Å². The van der Waals surface area contributed by atoms with Gasteiger partial charge in [-0.1, -0.05) is 12.1 Å². The normalized spacial score (nSPS) is 12.4. The second kappa shape index (κ2) is 5.98. The molecule has 2 aromatic rings. The Labute approximate surface area is 111 Å². The Bertz CT molecular complexity index is 510. The summed E-state index contributed by atoms with van der Waals surface area (Å²) in [6.07, 6.45) is 0. The molecule has 96 valence electrons. The summed E-state index contributed by atoms with van der Waals surface area (Å²) in [5, 5.41) is 0.106. The first kappa shape index (κ1) is 13.1. The maximum Gasteiger partial charge on any atom is 0.132 e. The summed E-state index contributed by atoms with van der Waals surface area (Å²) in [5.74, 6) is 2.68. The first-order chi connectivity index (χ1) is 8.74. The minimum absolute atomic E-state index is 0.106. The second-order valence-corrected chi connectivity index (χ2v) is 5.19. The number of nitrogens with two attached hydrogens (primary N) is 1. The molecule has 1 atom stereocenters. The molecule has 1 aromatic carbocycles. The van der Waals surface area contributed by atoms with Crippen molar-refractivity contribution in [3.63, 3.8) is 0 Å². The number of thioether (sulfide) groups is 1. The molecule has 3 nitrogen and oxygen atoms in total. The van der Waals surface area contributed by atoms with Gasteiger partial charge in [0, 0.05) is 6.54 Å². The summed E-state index contributed by atoms with van der Waals surface area (Å²) in [6, 6.07) is 11.9. The van der Waals surface area contributed by atoms with Crippen molar-refractivity contribution in [2.75, 3.05) is 13.7 Å². The van der Waals surface area contributed by atoms with Gasteiger partial charge in [-0.05, 0) is 31.2 Å². The lowest BCUT2D eigenvalue weighted by Gasteiger charge is -2.14. The predicted molar refractivity (Wildman–Crippen MR) is 74.1 cm³/mol. The Kier molecular flexibility index (Phi) is 4.33. The predicted octanol–water partition coefficient (Wildman–Crippen LogP) is 3.39. The number of hydrogen-bond donors (Lipinski definition) is 1. The fourth-order valence-electron chi connectivity index (χ4n) is 1.72. The van der Waals surface area contributed by atoms with Gasteiger partial charge in [-0.15, -0.1) is 11.8 Å². The molecule has 1 aromatic heterocycles. The molecule has 4 heteroatoms. The highest BCUT2D eigenvalue weighted by Crippen LogP contribution is 2.39. The summed E-state index contributed by atoms with van der Waals surface area (Å²) in [5.41, 5.74) is 5.83. The maximum absolute atomic E-state index is 5.83. The molecule has 0 spiro atoms. The Balaban J connectivity index is 2.20. The Morgan fingerprint density at radius 1 is 1.28 bits per heavy atom. The number of methoxy groups -OCH3 is 1. The van der Waals surface area contributed by atoms with Gasteiger partial charge in [-0.25, -0.2) is 0 Å². The van der Waals surface area contributed by atoms with E-state index in [0.29, 0.717) is 6.54 Å². The van der Waals surface area contributed by atoms with Gasteiger partial charge in [0.2, 0.25) is 0 Å². The van der Waals surface area contributed by atoms with E-state index in [-0.39, 0.29) is 5.25 Å². The lowest BCUT2D eigenvalue weighted by Crippen LogP contribution is -2.08. The molecule has 18 heavy (non-hydrogen) atoms. The molecule has 0 saturated heterocycles. The van der Waals surface area contributed by atoms with Crippen molar-refractivity contribution in [2.45, 2.75) is 17.1 Å². The van der Waals surface area contributed by atoms with Gasteiger partial charge in [0.1, 0.15) is 17.3 Å². The number of furan rings is 1. The summed E-state index contributed by atoms with van der Waals surface area (Å²) in [4.78, 5) is 1.07. The van der Waals surface area contributed by atoms with Crippen LogP contribution in [0.1, 0.15) is 16.8 Å². The topological polar surface area (TPSA) is 48.4 Å². The molecular weight excluding hydrogens is 246 g/mol. The largest absolute Gasteiger partial charge is 0.496 e. The summed E-state index contributed by atoms with van der Waals surface area (Å²) in [7, 11) is 1.67. The van der Waals surface area contributed by atoms with Crippen LogP contribution < -0.4 is 10.5 Å². The monoisotopic (exact) mass is 263 g/mol. The minimum atomic E-state index is 0.106. The molecule has 0 aliphatic rings. The number of rotatable bonds is 5. The number of para-hydroxylation sites is 1. The van der Waals surface area contributed by atoms with Gasteiger partial charge in [0.05, 0.1) is 17.3 Å². The van der Waals surface area contributed by atoms with E-state index in [9.17, 15) is 0 Å². The van der Waals surface area contributed by atoms with Crippen LogP contribution in [-0.2, 0) is 0 Å². The molecule has 1 unspecified atom stereocenters. The minimum Gasteiger partial charge on any atom is -0.496 e. The smallest absolute Gasteiger partial charge is 0.132 e. The van der Waals surface area contributed by atoms with E-state index < -0.39 is 0 Å². The first-order valence-corrected chi connectivity index (χ1v) is 6.68. The van der Waals surface area contributed by atoms with Crippen LogP contribution in [-0.4, -0.2) is 13.7 Å². The fourth-order valence-corrected chi connectivity index (χ4v) is 2.79. The Morgan fingerprint density at radius 2 is 2.06 bits per heavy atom. The molecule has 0 radical (unpaired) electrons. The lowest BCUT2D eigenvalue weighted by atomic mass is 10.3. The molecule has 0 saturated carbocycles. The maximum atomic E-state index is 5.83. The number of ether oxygens (including phenoxy) is 1. The van der Waals surface area contributed by atoms with E-state index in [1.807, 2.05) is 43.3 Å². The van der Waals surface area contributed by atoms with Crippen molar-refractivity contribution in [1.29, 1.82) is 0 Å². The standard InChI is InChI=1S/C14H17NO2S/c1-10-7-8-12(17-10)14(9-15)18-13-6-4-3-5-11(13)16-2/h3-8,14H,9,15H2,1-2H3. The van der Waals surface area contributed by atoms with Gasteiger partial charge >= 0.3 is 0 Å². The van der Waals surface area contributed by atoms with E-state index in [0.717, 1.165) is 22.2 Å². The van der Waals surface area contributed by atoms with Crippen LogP contribution in [0.4, 0.5) is 0 Å². The van der Waals surface area contributed by atoms with Gasteiger partial charge in [-0.3, -0.25) is 0 Å². The molecule has 2 rings (SSSR count). The molecule has 0 amide bonds.